The van der Waals surface area contributed by atoms with E-state index in [4.69, 9.17) is 4.74 Å². The lowest BCUT2D eigenvalue weighted by Gasteiger charge is -2.27. The zero-order chi connectivity index (χ0) is 24.3. The van der Waals surface area contributed by atoms with Crippen molar-refractivity contribution in [3.63, 3.8) is 0 Å². The van der Waals surface area contributed by atoms with E-state index >= 15 is 0 Å². The number of carbonyl (C=O) groups is 2. The highest BCUT2D eigenvalue weighted by Gasteiger charge is 2.60. The minimum atomic E-state index is -4.68. The van der Waals surface area contributed by atoms with Crippen molar-refractivity contribution in [3.8, 4) is 0 Å². The van der Waals surface area contributed by atoms with Gasteiger partial charge < -0.3 is 9.64 Å². The van der Waals surface area contributed by atoms with E-state index in [0.29, 0.717) is 18.5 Å². The Bertz CT molecular complexity index is 1100. The second-order valence-corrected chi connectivity index (χ2v) is 10.7. The van der Waals surface area contributed by atoms with Crippen LogP contribution in [0.2, 0.25) is 0 Å². The molecule has 1 aliphatic carbocycles. The minimum Gasteiger partial charge on any atom is -0.444 e. The largest absolute Gasteiger partial charge is 0.451 e. The highest BCUT2D eigenvalue weighted by Crippen LogP contribution is 2.53. The van der Waals surface area contributed by atoms with Crippen LogP contribution in [0.1, 0.15) is 52.6 Å². The average Bonchev–Trinajstić information content (AvgIpc) is 3.19. The normalized spacial score (nSPS) is 22.9. The maximum atomic E-state index is 13.4. The number of para-hydroxylation sites is 1. The fraction of sp³-hybridized carbons (Fsp3) is 0.583. The number of alkyl halides is 3. The third-order valence-electron chi connectivity index (χ3n) is 6.33. The van der Waals surface area contributed by atoms with Gasteiger partial charge in [-0.1, -0.05) is 32.0 Å². The van der Waals surface area contributed by atoms with Crippen molar-refractivity contribution < 1.29 is 27.5 Å². The SMILES string of the molecule is CC(C)(C)OC(=O)N1C[C@@H]2C(C(=O)CC(C)(C)c3nc(C(F)(F)F)nc4ccccc34)[C@@H]2C1. The number of Topliss-reactive ketones (excluding diaryl/α,β-unsaturated/α-hetero) is 1. The van der Waals surface area contributed by atoms with E-state index in [1.165, 1.54) is 6.07 Å². The van der Waals surface area contributed by atoms with Crippen LogP contribution < -0.4 is 0 Å². The molecule has 1 saturated heterocycles. The van der Waals surface area contributed by atoms with E-state index in [-0.39, 0.29) is 47.3 Å². The molecule has 0 spiro atoms. The fourth-order valence-corrected chi connectivity index (χ4v) is 4.84. The molecule has 4 rings (SSSR count). The summed E-state index contributed by atoms with van der Waals surface area (Å²) >= 11 is 0. The van der Waals surface area contributed by atoms with Crippen molar-refractivity contribution in [1.29, 1.82) is 0 Å². The van der Waals surface area contributed by atoms with Crippen LogP contribution >= 0.6 is 0 Å². The molecular formula is C24H28F3N3O3. The van der Waals surface area contributed by atoms with Crippen LogP contribution in [0.4, 0.5) is 18.0 Å². The first-order valence-electron chi connectivity index (χ1n) is 11.0. The summed E-state index contributed by atoms with van der Waals surface area (Å²) in [6.07, 6.45) is -5.00. The first-order chi connectivity index (χ1) is 15.2. The number of fused-ring (bicyclic) bond motifs is 2. The lowest BCUT2D eigenvalue weighted by molar-refractivity contribution is -0.144. The summed E-state index contributed by atoms with van der Waals surface area (Å²) in [6, 6.07) is 6.54. The van der Waals surface area contributed by atoms with Crippen LogP contribution in [0.25, 0.3) is 10.9 Å². The molecule has 1 aliphatic heterocycles. The molecule has 178 valence electrons. The predicted molar refractivity (Wildman–Crippen MR) is 115 cm³/mol. The van der Waals surface area contributed by atoms with Crippen molar-refractivity contribution >= 4 is 22.8 Å². The number of halogens is 3. The molecule has 1 aromatic heterocycles. The van der Waals surface area contributed by atoms with Crippen LogP contribution in [0.3, 0.4) is 0 Å². The van der Waals surface area contributed by atoms with Crippen molar-refractivity contribution in [2.24, 2.45) is 17.8 Å². The zero-order valence-electron chi connectivity index (χ0n) is 19.4. The first kappa shape index (κ1) is 23.4. The molecule has 0 radical (unpaired) electrons. The van der Waals surface area contributed by atoms with Gasteiger partial charge in [-0.15, -0.1) is 0 Å². The number of rotatable bonds is 4. The van der Waals surface area contributed by atoms with Crippen molar-refractivity contribution in [2.75, 3.05) is 13.1 Å². The molecule has 9 heteroatoms. The third kappa shape index (κ3) is 4.68. The van der Waals surface area contributed by atoms with Gasteiger partial charge in [0.25, 0.3) is 0 Å². The molecular weight excluding hydrogens is 435 g/mol. The summed E-state index contributed by atoms with van der Waals surface area (Å²) in [7, 11) is 0. The first-order valence-corrected chi connectivity index (χ1v) is 11.0. The van der Waals surface area contributed by atoms with Crippen molar-refractivity contribution in [2.45, 2.75) is 58.2 Å². The Kier molecular flexibility index (Phi) is 5.45. The summed E-state index contributed by atoms with van der Waals surface area (Å²) in [5, 5.41) is 0.510. The standard InChI is InChI=1S/C24H28F3N3O3/c1-22(2,3)33-21(32)30-11-14-15(12-30)18(14)17(31)10-23(4,5)19-13-8-6-7-9-16(13)28-20(29-19)24(25,26)27/h6-9,14-15,18H,10-12H2,1-5H3/t14-,15+,18?. The number of amides is 1. The van der Waals surface area contributed by atoms with E-state index in [1.807, 2.05) is 0 Å². The molecule has 1 aromatic carbocycles. The second kappa shape index (κ2) is 7.67. The Morgan fingerprint density at radius 3 is 2.21 bits per heavy atom. The van der Waals surface area contributed by atoms with Gasteiger partial charge in [-0.05, 0) is 38.7 Å². The van der Waals surface area contributed by atoms with Crippen molar-refractivity contribution in [1.82, 2.24) is 14.9 Å². The van der Waals surface area contributed by atoms with Gasteiger partial charge in [-0.3, -0.25) is 4.79 Å². The number of benzene rings is 1. The summed E-state index contributed by atoms with van der Waals surface area (Å²) in [4.78, 5) is 34.6. The topological polar surface area (TPSA) is 72.4 Å². The Hall–Kier alpha value is -2.71. The molecule has 2 aromatic rings. The molecule has 2 heterocycles. The molecule has 1 saturated carbocycles. The third-order valence-corrected chi connectivity index (χ3v) is 6.33. The smallest absolute Gasteiger partial charge is 0.444 e. The van der Waals surface area contributed by atoms with Gasteiger partial charge in [-0.2, -0.15) is 13.2 Å². The summed E-state index contributed by atoms with van der Waals surface area (Å²) < 4.78 is 45.6. The molecule has 0 N–H and O–H groups in total. The summed E-state index contributed by atoms with van der Waals surface area (Å²) in [5.41, 5.74) is -1.08. The van der Waals surface area contributed by atoms with E-state index in [1.54, 1.807) is 57.7 Å². The number of carbonyl (C=O) groups excluding carboxylic acids is 2. The number of piperidine rings is 1. The number of aromatic nitrogens is 2. The molecule has 3 atom stereocenters. The molecule has 33 heavy (non-hydrogen) atoms. The number of hydrogen-bond acceptors (Lipinski definition) is 5. The number of nitrogens with zero attached hydrogens (tertiary/aromatic N) is 3. The molecule has 2 fully saturated rings. The van der Waals surface area contributed by atoms with Gasteiger partial charge in [0, 0.05) is 36.2 Å². The van der Waals surface area contributed by atoms with Gasteiger partial charge in [0.15, 0.2) is 0 Å². The van der Waals surface area contributed by atoms with Crippen LogP contribution in [0, 0.1) is 17.8 Å². The molecule has 0 bridgehead atoms. The monoisotopic (exact) mass is 463 g/mol. The van der Waals surface area contributed by atoms with Crippen LogP contribution in [0.15, 0.2) is 24.3 Å². The van der Waals surface area contributed by atoms with Gasteiger partial charge in [0.2, 0.25) is 5.82 Å². The average molecular weight is 464 g/mol. The summed E-state index contributed by atoms with van der Waals surface area (Å²) in [6.45, 7) is 9.82. The molecule has 1 unspecified atom stereocenters. The lowest BCUT2D eigenvalue weighted by atomic mass is 9.80. The highest BCUT2D eigenvalue weighted by molar-refractivity contribution is 5.88. The number of ketones is 1. The van der Waals surface area contributed by atoms with E-state index < -0.39 is 23.0 Å². The predicted octanol–water partition coefficient (Wildman–Crippen LogP) is 5.00. The number of hydrogen-bond donors (Lipinski definition) is 0. The molecule has 1 amide bonds. The number of likely N-dealkylation sites (tertiary alicyclic amines) is 1. The fourth-order valence-electron chi connectivity index (χ4n) is 4.84. The Morgan fingerprint density at radius 1 is 1.03 bits per heavy atom. The Balaban J connectivity index is 1.49. The van der Waals surface area contributed by atoms with Crippen molar-refractivity contribution in [3.05, 3.63) is 35.8 Å². The Labute approximate surface area is 190 Å². The number of ether oxygens (including phenoxy) is 1. The molecule has 6 nitrogen and oxygen atoms in total. The van der Waals surface area contributed by atoms with E-state index in [0.717, 1.165) is 0 Å². The second-order valence-electron chi connectivity index (χ2n) is 10.7. The van der Waals surface area contributed by atoms with Gasteiger partial charge in [0.05, 0.1) is 11.2 Å². The maximum absolute atomic E-state index is 13.4. The van der Waals surface area contributed by atoms with Gasteiger partial charge in [0.1, 0.15) is 11.4 Å². The minimum absolute atomic E-state index is 0.00455. The van der Waals surface area contributed by atoms with Gasteiger partial charge in [-0.25, -0.2) is 14.8 Å². The van der Waals surface area contributed by atoms with E-state index in [2.05, 4.69) is 9.97 Å². The van der Waals surface area contributed by atoms with Crippen LogP contribution in [-0.2, 0) is 21.1 Å². The van der Waals surface area contributed by atoms with Crippen LogP contribution in [0.5, 0.6) is 0 Å². The lowest BCUT2D eigenvalue weighted by Crippen LogP contribution is -2.37. The quantitative estimate of drug-likeness (QED) is 0.638. The highest BCUT2D eigenvalue weighted by atomic mass is 19.4. The molecule has 2 aliphatic rings. The van der Waals surface area contributed by atoms with E-state index in [9.17, 15) is 22.8 Å². The maximum Gasteiger partial charge on any atom is 0.451 e. The summed E-state index contributed by atoms with van der Waals surface area (Å²) in [5.74, 6) is -1.23. The zero-order valence-corrected chi connectivity index (χ0v) is 19.4. The van der Waals surface area contributed by atoms with Gasteiger partial charge >= 0.3 is 12.3 Å². The Morgan fingerprint density at radius 2 is 1.64 bits per heavy atom. The van der Waals surface area contributed by atoms with Crippen LogP contribution in [-0.4, -0.2) is 45.4 Å².